The van der Waals surface area contributed by atoms with Crippen LogP contribution in [-0.2, 0) is 0 Å². The molecule has 0 unspecified atom stereocenters. The van der Waals surface area contributed by atoms with Crippen LogP contribution in [0.1, 0.15) is 53.2 Å². The van der Waals surface area contributed by atoms with Crippen LogP contribution in [0.15, 0.2) is 47.3 Å². The molecule has 4 rings (SSSR count). The number of carbonyl (C=O) groups is 2. The number of nitrogens with one attached hydrogen (secondary N) is 2. The van der Waals surface area contributed by atoms with E-state index in [0.29, 0.717) is 21.1 Å². The average molecular weight is 545 g/mol. The molecule has 0 spiro atoms. The molecule has 0 bridgehead atoms. The molecule has 176 valence electrons. The fourth-order valence-electron chi connectivity index (χ4n) is 3.70. The lowest BCUT2D eigenvalue weighted by molar-refractivity contribution is 0.0928. The van der Waals surface area contributed by atoms with E-state index in [2.05, 4.69) is 41.7 Å². The zero-order valence-corrected chi connectivity index (χ0v) is 21.2. The lowest BCUT2D eigenvalue weighted by Gasteiger charge is -2.19. The van der Waals surface area contributed by atoms with Crippen LogP contribution in [0.2, 0.25) is 5.02 Å². The molecule has 4 heterocycles. The summed E-state index contributed by atoms with van der Waals surface area (Å²) in [5.41, 5.74) is 2.27. The summed E-state index contributed by atoms with van der Waals surface area (Å²) < 4.78 is 3.32. The molecule has 0 aromatic carbocycles. The van der Waals surface area contributed by atoms with Crippen LogP contribution in [0.25, 0.3) is 11.3 Å². The number of amides is 2. The number of carbonyl (C=O) groups excluding carboxylic acids is 2. The first-order valence-corrected chi connectivity index (χ1v) is 12.0. The van der Waals surface area contributed by atoms with Gasteiger partial charge in [-0.1, -0.05) is 25.4 Å². The Morgan fingerprint density at radius 1 is 1.15 bits per heavy atom. The van der Waals surface area contributed by atoms with Gasteiger partial charge < -0.3 is 10.6 Å². The van der Waals surface area contributed by atoms with Crippen molar-refractivity contribution in [3.05, 3.63) is 69.3 Å². The summed E-state index contributed by atoms with van der Waals surface area (Å²) in [6.07, 6.45) is 4.75. The fourth-order valence-corrected chi connectivity index (χ4v) is 4.27. The summed E-state index contributed by atoms with van der Waals surface area (Å²) >= 11 is 9.61. The largest absolute Gasteiger partial charge is 0.348 e. The highest BCUT2D eigenvalue weighted by Gasteiger charge is 2.25. The molecule has 11 heteroatoms. The average Bonchev–Trinajstić information content (AvgIpc) is 3.44. The summed E-state index contributed by atoms with van der Waals surface area (Å²) in [4.78, 5) is 31.0. The summed E-state index contributed by atoms with van der Waals surface area (Å²) in [5, 5.41) is 14.9. The van der Waals surface area contributed by atoms with E-state index in [1.807, 2.05) is 32.9 Å². The zero-order chi connectivity index (χ0) is 24.4. The third kappa shape index (κ3) is 4.55. The molecule has 34 heavy (non-hydrogen) atoms. The smallest absolute Gasteiger partial charge is 0.274 e. The van der Waals surface area contributed by atoms with Crippen molar-refractivity contribution in [3.8, 4) is 5.82 Å². The normalized spacial score (nSPS) is 11.2. The number of hydrogen-bond acceptors (Lipinski definition) is 5. The van der Waals surface area contributed by atoms with Crippen LogP contribution in [0.4, 0.5) is 5.69 Å². The van der Waals surface area contributed by atoms with Crippen molar-refractivity contribution >= 4 is 50.5 Å². The molecule has 4 aromatic heterocycles. The molecule has 0 radical (unpaired) electrons. The predicted octanol–water partition coefficient (Wildman–Crippen LogP) is 4.81. The van der Waals surface area contributed by atoms with Gasteiger partial charge in [0.25, 0.3) is 11.8 Å². The van der Waals surface area contributed by atoms with E-state index in [-0.39, 0.29) is 23.3 Å². The van der Waals surface area contributed by atoms with Gasteiger partial charge in [0.1, 0.15) is 10.3 Å². The first-order chi connectivity index (χ1) is 16.3. The van der Waals surface area contributed by atoms with Crippen LogP contribution < -0.4 is 10.6 Å². The van der Waals surface area contributed by atoms with Gasteiger partial charge >= 0.3 is 0 Å². The molecular formula is C23H23BrClN7O2. The van der Waals surface area contributed by atoms with Crippen molar-refractivity contribution in [1.82, 2.24) is 29.7 Å². The minimum Gasteiger partial charge on any atom is -0.348 e. The SMILES string of the molecule is CCC(CC)NC(=O)c1c(NC(=O)c2cc(Br)nn2-c2ncccc2Cl)c(C)cc2ccnn12. The molecule has 2 amide bonds. The highest BCUT2D eigenvalue weighted by Crippen LogP contribution is 2.26. The van der Waals surface area contributed by atoms with Crippen molar-refractivity contribution in [2.24, 2.45) is 0 Å². The van der Waals surface area contributed by atoms with Gasteiger partial charge in [0.15, 0.2) is 11.5 Å². The summed E-state index contributed by atoms with van der Waals surface area (Å²) in [6, 6.07) is 8.59. The van der Waals surface area contributed by atoms with E-state index in [9.17, 15) is 9.59 Å². The standard InChI is InChI=1S/C23H23BrClN7O2/c1-4-14(5-2)28-23(34)20-19(13(3)11-15-8-10-27-31(15)20)29-22(33)17-12-18(24)30-32(17)21-16(25)7-6-9-26-21/h6-12,14H,4-5H2,1-3H3,(H,28,34)(H,29,33). The molecule has 0 fully saturated rings. The molecule has 9 nitrogen and oxygen atoms in total. The van der Waals surface area contributed by atoms with Crippen molar-refractivity contribution in [2.75, 3.05) is 5.32 Å². The van der Waals surface area contributed by atoms with E-state index in [4.69, 9.17) is 11.6 Å². The zero-order valence-electron chi connectivity index (χ0n) is 18.8. The maximum atomic E-state index is 13.4. The topological polar surface area (TPSA) is 106 Å². The number of aryl methyl sites for hydroxylation is 1. The minimum atomic E-state index is -0.480. The molecule has 0 atom stereocenters. The second-order valence-corrected chi connectivity index (χ2v) is 8.95. The molecule has 0 aliphatic heterocycles. The number of hydrogen-bond donors (Lipinski definition) is 2. The lowest BCUT2D eigenvalue weighted by atomic mass is 10.1. The highest BCUT2D eigenvalue weighted by atomic mass is 79.9. The van der Waals surface area contributed by atoms with Crippen LogP contribution >= 0.6 is 27.5 Å². The number of aromatic nitrogens is 5. The molecular weight excluding hydrogens is 522 g/mol. The predicted molar refractivity (Wildman–Crippen MR) is 134 cm³/mol. The Morgan fingerprint density at radius 2 is 1.91 bits per heavy atom. The van der Waals surface area contributed by atoms with E-state index < -0.39 is 5.91 Å². The second kappa shape index (κ2) is 9.94. The number of nitrogens with zero attached hydrogens (tertiary/aromatic N) is 5. The number of pyridine rings is 2. The van der Waals surface area contributed by atoms with E-state index in [1.54, 1.807) is 30.6 Å². The second-order valence-electron chi connectivity index (χ2n) is 7.73. The van der Waals surface area contributed by atoms with Crippen molar-refractivity contribution in [2.45, 2.75) is 39.7 Å². The number of anilines is 1. The monoisotopic (exact) mass is 543 g/mol. The van der Waals surface area contributed by atoms with Crippen LogP contribution in [0.3, 0.4) is 0 Å². The van der Waals surface area contributed by atoms with Gasteiger partial charge in [0.2, 0.25) is 0 Å². The van der Waals surface area contributed by atoms with Crippen molar-refractivity contribution < 1.29 is 9.59 Å². The Hall–Kier alpha value is -3.24. The van der Waals surface area contributed by atoms with Gasteiger partial charge in [-0.3, -0.25) is 9.59 Å². The van der Waals surface area contributed by atoms with E-state index in [0.717, 1.165) is 23.9 Å². The van der Waals surface area contributed by atoms with Gasteiger partial charge in [0, 0.05) is 18.3 Å². The minimum absolute atomic E-state index is 0.00543. The first kappa shape index (κ1) is 23.9. The Bertz CT molecular complexity index is 1380. The lowest BCUT2D eigenvalue weighted by Crippen LogP contribution is -2.36. The molecule has 0 aliphatic rings. The van der Waals surface area contributed by atoms with Crippen LogP contribution in [-0.4, -0.2) is 42.2 Å². The van der Waals surface area contributed by atoms with Crippen LogP contribution in [0, 0.1) is 6.92 Å². The van der Waals surface area contributed by atoms with Crippen molar-refractivity contribution in [1.29, 1.82) is 0 Å². The third-order valence-electron chi connectivity index (χ3n) is 5.51. The van der Waals surface area contributed by atoms with Crippen molar-refractivity contribution in [3.63, 3.8) is 0 Å². The van der Waals surface area contributed by atoms with Gasteiger partial charge in [-0.25, -0.2) is 14.2 Å². The fraction of sp³-hybridized carbons (Fsp3) is 0.261. The summed E-state index contributed by atoms with van der Waals surface area (Å²) in [6.45, 7) is 5.86. The van der Waals surface area contributed by atoms with E-state index >= 15 is 0 Å². The Balaban J connectivity index is 1.78. The molecule has 0 saturated carbocycles. The third-order valence-corrected chi connectivity index (χ3v) is 6.19. The number of halogens is 2. The number of rotatable bonds is 7. The Morgan fingerprint density at radius 3 is 2.62 bits per heavy atom. The number of fused-ring (bicyclic) bond motifs is 1. The van der Waals surface area contributed by atoms with Gasteiger partial charge in [0.05, 0.1) is 22.4 Å². The maximum absolute atomic E-state index is 13.4. The Kier molecular flexibility index (Phi) is 6.99. The van der Waals surface area contributed by atoms with Gasteiger partial charge in [-0.2, -0.15) is 10.2 Å². The molecule has 0 saturated heterocycles. The molecule has 0 aliphatic carbocycles. The molecule has 4 aromatic rings. The summed E-state index contributed by atoms with van der Waals surface area (Å²) in [5.74, 6) is -0.485. The van der Waals surface area contributed by atoms with E-state index in [1.165, 1.54) is 9.20 Å². The Labute approximate surface area is 209 Å². The van der Waals surface area contributed by atoms with Gasteiger partial charge in [-0.15, -0.1) is 0 Å². The quantitative estimate of drug-likeness (QED) is 0.347. The van der Waals surface area contributed by atoms with Crippen LogP contribution in [0.5, 0.6) is 0 Å². The van der Waals surface area contributed by atoms with Gasteiger partial charge in [-0.05, 0) is 65.5 Å². The maximum Gasteiger partial charge on any atom is 0.274 e. The summed E-state index contributed by atoms with van der Waals surface area (Å²) in [7, 11) is 0. The highest BCUT2D eigenvalue weighted by molar-refractivity contribution is 9.10. The first-order valence-electron chi connectivity index (χ1n) is 10.8. The molecule has 2 N–H and O–H groups in total.